The van der Waals surface area contributed by atoms with Gasteiger partial charge in [-0.25, -0.2) is 4.39 Å². The van der Waals surface area contributed by atoms with Crippen LogP contribution in [-0.2, 0) is 16.1 Å². The molecule has 0 unspecified atom stereocenters. The number of nitrogens with zero attached hydrogens (tertiary/aromatic N) is 1. The van der Waals surface area contributed by atoms with Crippen LogP contribution in [0.25, 0.3) is 0 Å². The van der Waals surface area contributed by atoms with Crippen molar-refractivity contribution < 1.29 is 18.7 Å². The molecule has 1 heterocycles. The fourth-order valence-electron chi connectivity index (χ4n) is 2.72. The second-order valence-corrected chi connectivity index (χ2v) is 5.91. The minimum Gasteiger partial charge on any atom is -0.482 e. The third-order valence-electron chi connectivity index (χ3n) is 4.08. The maximum atomic E-state index is 13.2. The Morgan fingerprint density at radius 3 is 2.88 bits per heavy atom. The summed E-state index contributed by atoms with van der Waals surface area (Å²) in [5.74, 6) is 0.0447. The molecule has 3 rings (SSSR count). The molecule has 25 heavy (non-hydrogen) atoms. The highest BCUT2D eigenvalue weighted by molar-refractivity contribution is 5.98. The normalized spacial score (nSPS) is 13.2. The summed E-state index contributed by atoms with van der Waals surface area (Å²) in [7, 11) is 0. The first kappa shape index (κ1) is 17.0. The van der Waals surface area contributed by atoms with Crippen molar-refractivity contribution in [1.82, 2.24) is 5.32 Å². The van der Waals surface area contributed by atoms with Gasteiger partial charge in [-0.15, -0.1) is 0 Å². The van der Waals surface area contributed by atoms with Crippen LogP contribution in [0.3, 0.4) is 0 Å². The first-order valence-electron chi connectivity index (χ1n) is 8.08. The van der Waals surface area contributed by atoms with E-state index in [1.54, 1.807) is 36.1 Å². The molecule has 2 amide bonds. The molecule has 0 saturated heterocycles. The van der Waals surface area contributed by atoms with E-state index in [-0.39, 0.29) is 37.2 Å². The summed E-state index contributed by atoms with van der Waals surface area (Å²) in [6.07, 6.45) is 0.181. The molecule has 2 aromatic carbocycles. The molecule has 1 N–H and O–H groups in total. The van der Waals surface area contributed by atoms with Gasteiger partial charge < -0.3 is 15.0 Å². The number of benzene rings is 2. The van der Waals surface area contributed by atoms with E-state index in [1.807, 2.05) is 12.1 Å². The van der Waals surface area contributed by atoms with Gasteiger partial charge in [-0.1, -0.05) is 24.3 Å². The molecule has 2 aromatic rings. The first-order chi connectivity index (χ1) is 12.0. The van der Waals surface area contributed by atoms with Crippen LogP contribution in [0.1, 0.15) is 17.5 Å². The maximum absolute atomic E-state index is 13.2. The molecule has 0 aromatic heterocycles. The van der Waals surface area contributed by atoms with Gasteiger partial charge in [0.1, 0.15) is 11.6 Å². The molecule has 0 atom stereocenters. The van der Waals surface area contributed by atoms with Crippen LogP contribution in [-0.4, -0.2) is 25.0 Å². The molecule has 0 fully saturated rings. The van der Waals surface area contributed by atoms with Gasteiger partial charge >= 0.3 is 0 Å². The number of anilines is 1. The zero-order valence-electron chi connectivity index (χ0n) is 13.9. The van der Waals surface area contributed by atoms with E-state index in [0.29, 0.717) is 23.5 Å². The van der Waals surface area contributed by atoms with Crippen molar-refractivity contribution in [3.05, 3.63) is 59.4 Å². The summed E-state index contributed by atoms with van der Waals surface area (Å²) in [4.78, 5) is 25.7. The van der Waals surface area contributed by atoms with E-state index >= 15 is 0 Å². The van der Waals surface area contributed by atoms with Crippen molar-refractivity contribution in [2.24, 2.45) is 0 Å². The van der Waals surface area contributed by atoms with Gasteiger partial charge in [-0.2, -0.15) is 0 Å². The van der Waals surface area contributed by atoms with Crippen molar-refractivity contribution in [3.8, 4) is 5.75 Å². The lowest BCUT2D eigenvalue weighted by Gasteiger charge is -2.29. The Morgan fingerprint density at radius 2 is 2.08 bits per heavy atom. The number of aryl methyl sites for hydroxylation is 1. The zero-order valence-corrected chi connectivity index (χ0v) is 13.9. The van der Waals surface area contributed by atoms with Crippen molar-refractivity contribution in [1.29, 1.82) is 0 Å². The number of amides is 2. The maximum Gasteiger partial charge on any atom is 0.265 e. The fraction of sp³-hybridized carbons (Fsp3) is 0.263. The number of carbonyl (C=O) groups excluding carboxylic acids is 2. The Bertz CT molecular complexity index is 807. The van der Waals surface area contributed by atoms with Crippen LogP contribution >= 0.6 is 0 Å². The Balaban J connectivity index is 1.55. The van der Waals surface area contributed by atoms with Crippen LogP contribution in [0.4, 0.5) is 10.1 Å². The number of carbonyl (C=O) groups is 2. The molecule has 1 aliphatic heterocycles. The van der Waals surface area contributed by atoms with Crippen molar-refractivity contribution in [3.63, 3.8) is 0 Å². The second-order valence-electron chi connectivity index (χ2n) is 5.91. The van der Waals surface area contributed by atoms with E-state index in [9.17, 15) is 14.0 Å². The monoisotopic (exact) mass is 342 g/mol. The number of hydrogen-bond acceptors (Lipinski definition) is 3. The lowest BCUT2D eigenvalue weighted by atomic mass is 10.1. The van der Waals surface area contributed by atoms with Crippen LogP contribution < -0.4 is 15.0 Å². The number of rotatable bonds is 5. The molecule has 0 radical (unpaired) electrons. The quantitative estimate of drug-likeness (QED) is 0.908. The summed E-state index contributed by atoms with van der Waals surface area (Å²) < 4.78 is 18.6. The van der Waals surface area contributed by atoms with Gasteiger partial charge in [0.25, 0.3) is 5.91 Å². The van der Waals surface area contributed by atoms with E-state index in [2.05, 4.69) is 5.32 Å². The molecular formula is C19H19FN2O3. The highest BCUT2D eigenvalue weighted by Gasteiger charge is 2.25. The molecule has 0 aliphatic carbocycles. The zero-order chi connectivity index (χ0) is 17.8. The Hall–Kier alpha value is -2.89. The van der Waals surface area contributed by atoms with Gasteiger partial charge in [-0.05, 0) is 36.2 Å². The molecule has 0 spiro atoms. The molecule has 130 valence electrons. The number of para-hydroxylation sites is 2. The van der Waals surface area contributed by atoms with Crippen molar-refractivity contribution >= 4 is 17.5 Å². The lowest BCUT2D eigenvalue weighted by Crippen LogP contribution is -2.41. The molecule has 0 saturated carbocycles. The number of halogens is 1. The van der Waals surface area contributed by atoms with Crippen LogP contribution in [0.5, 0.6) is 5.75 Å². The first-order valence-corrected chi connectivity index (χ1v) is 8.08. The van der Waals surface area contributed by atoms with E-state index in [4.69, 9.17) is 4.74 Å². The molecule has 0 bridgehead atoms. The largest absolute Gasteiger partial charge is 0.482 e. The number of hydrogen-bond donors (Lipinski definition) is 1. The van der Waals surface area contributed by atoms with E-state index in [1.165, 1.54) is 6.07 Å². The van der Waals surface area contributed by atoms with Crippen molar-refractivity contribution in [2.75, 3.05) is 18.1 Å². The topological polar surface area (TPSA) is 58.6 Å². The van der Waals surface area contributed by atoms with Gasteiger partial charge in [0.05, 0.1) is 5.69 Å². The Kier molecular flexibility index (Phi) is 4.97. The van der Waals surface area contributed by atoms with E-state index in [0.717, 1.165) is 5.56 Å². The minimum atomic E-state index is -0.264. The molecule has 1 aliphatic rings. The molecular weight excluding hydrogens is 323 g/mol. The molecule has 6 heteroatoms. The van der Waals surface area contributed by atoms with E-state index < -0.39 is 0 Å². The highest BCUT2D eigenvalue weighted by atomic mass is 19.1. The van der Waals surface area contributed by atoms with Gasteiger partial charge in [0.2, 0.25) is 5.91 Å². The van der Waals surface area contributed by atoms with Crippen LogP contribution in [0, 0.1) is 12.7 Å². The summed E-state index contributed by atoms with van der Waals surface area (Å²) in [6, 6.07) is 12.0. The van der Waals surface area contributed by atoms with Crippen LogP contribution in [0.15, 0.2) is 42.5 Å². The number of ether oxygens (including phenoxy) is 1. The Morgan fingerprint density at radius 1 is 1.28 bits per heavy atom. The van der Waals surface area contributed by atoms with Gasteiger partial charge in [0.15, 0.2) is 6.61 Å². The lowest BCUT2D eigenvalue weighted by molar-refractivity contribution is -0.122. The minimum absolute atomic E-state index is 0.0203. The average molecular weight is 342 g/mol. The fourth-order valence-corrected chi connectivity index (χ4v) is 2.72. The summed E-state index contributed by atoms with van der Waals surface area (Å²) in [5, 5.41) is 2.79. The number of nitrogens with one attached hydrogen (secondary N) is 1. The van der Waals surface area contributed by atoms with Gasteiger partial charge in [-0.3, -0.25) is 9.59 Å². The van der Waals surface area contributed by atoms with Gasteiger partial charge in [0, 0.05) is 19.5 Å². The summed E-state index contributed by atoms with van der Waals surface area (Å²) in [5.41, 5.74) is 2.06. The Labute approximate surface area is 145 Å². The average Bonchev–Trinajstić information content (AvgIpc) is 2.62. The third-order valence-corrected chi connectivity index (χ3v) is 4.08. The summed E-state index contributed by atoms with van der Waals surface area (Å²) >= 11 is 0. The predicted molar refractivity (Wildman–Crippen MR) is 91.9 cm³/mol. The summed E-state index contributed by atoms with van der Waals surface area (Å²) in [6.45, 7) is 2.27. The third kappa shape index (κ3) is 3.96. The SMILES string of the molecule is Cc1cc(CNC(=O)CCN2C(=O)COc3ccccc32)ccc1F. The standard InChI is InChI=1S/C19H19FN2O3/c1-13-10-14(6-7-15(13)20)11-21-18(23)8-9-22-16-4-2-3-5-17(16)25-12-19(22)24/h2-7,10H,8-9,11-12H2,1H3,(H,21,23). The van der Waals surface area contributed by atoms with Crippen LogP contribution in [0.2, 0.25) is 0 Å². The smallest absolute Gasteiger partial charge is 0.265 e. The number of fused-ring (bicyclic) bond motifs is 1. The van der Waals surface area contributed by atoms with Crippen molar-refractivity contribution in [2.45, 2.75) is 19.9 Å². The molecule has 5 nitrogen and oxygen atoms in total. The predicted octanol–water partition coefficient (Wildman–Crippen LogP) is 2.57. The second kappa shape index (κ2) is 7.34. The highest BCUT2D eigenvalue weighted by Crippen LogP contribution is 2.31.